The van der Waals surface area contributed by atoms with Gasteiger partial charge in [0.05, 0.1) is 18.8 Å². The lowest BCUT2D eigenvalue weighted by Gasteiger charge is -2.19. The monoisotopic (exact) mass is 333 g/mol. The van der Waals surface area contributed by atoms with Crippen LogP contribution in [0, 0.1) is 5.82 Å². The van der Waals surface area contributed by atoms with Gasteiger partial charge in [-0.25, -0.2) is 4.39 Å². The molecule has 2 heterocycles. The number of halogens is 1. The maximum absolute atomic E-state index is 13.6. The molecule has 1 aliphatic heterocycles. The molecule has 6 heteroatoms. The Labute approximate surface area is 141 Å². The molecule has 0 spiro atoms. The fourth-order valence-corrected chi connectivity index (χ4v) is 3.06. The molecule has 0 atom stereocenters. The summed E-state index contributed by atoms with van der Waals surface area (Å²) >= 11 is 0. The van der Waals surface area contributed by atoms with Crippen LogP contribution in [0.25, 0.3) is 0 Å². The summed E-state index contributed by atoms with van der Waals surface area (Å²) in [7, 11) is 1.56. The van der Waals surface area contributed by atoms with Crippen molar-refractivity contribution in [1.82, 2.24) is 15.8 Å². The Morgan fingerprint density at radius 2 is 2.12 bits per heavy atom. The van der Waals surface area contributed by atoms with Crippen molar-refractivity contribution < 1.29 is 13.7 Å². The van der Waals surface area contributed by atoms with Crippen molar-refractivity contribution in [2.24, 2.45) is 0 Å². The zero-order valence-corrected chi connectivity index (χ0v) is 14.0. The molecule has 5 nitrogen and oxygen atoms in total. The number of benzene rings is 1. The molecule has 0 aliphatic carbocycles. The summed E-state index contributed by atoms with van der Waals surface area (Å²) in [6, 6.07) is 7.13. The maximum atomic E-state index is 13.6. The summed E-state index contributed by atoms with van der Waals surface area (Å²) in [5.74, 6) is 1.10. The van der Waals surface area contributed by atoms with Crippen molar-refractivity contribution in [2.75, 3.05) is 20.2 Å². The van der Waals surface area contributed by atoms with Crippen LogP contribution in [0.3, 0.4) is 0 Å². The van der Waals surface area contributed by atoms with Gasteiger partial charge in [0, 0.05) is 31.2 Å². The fourth-order valence-electron chi connectivity index (χ4n) is 3.06. The van der Waals surface area contributed by atoms with Gasteiger partial charge in [-0.1, -0.05) is 11.2 Å². The average molecular weight is 333 g/mol. The lowest BCUT2D eigenvalue weighted by molar-refractivity contribution is 0.181. The van der Waals surface area contributed by atoms with Crippen molar-refractivity contribution in [2.45, 2.75) is 38.5 Å². The van der Waals surface area contributed by atoms with Crippen LogP contribution in [0.1, 0.15) is 41.3 Å². The lowest BCUT2D eigenvalue weighted by Crippen LogP contribution is -2.26. The Bertz CT molecular complexity index is 653. The first kappa shape index (κ1) is 17.1. The minimum atomic E-state index is -0.234. The first-order valence-electron chi connectivity index (χ1n) is 8.39. The molecule has 1 saturated heterocycles. The minimum Gasteiger partial charge on any atom is -0.380 e. The normalized spacial score (nSPS) is 15.8. The zero-order valence-electron chi connectivity index (χ0n) is 14.0. The van der Waals surface area contributed by atoms with E-state index in [-0.39, 0.29) is 12.4 Å². The SMILES string of the molecule is COCc1cc(CNCc2cc(C3CCNCC3)no2)ccc1F. The smallest absolute Gasteiger partial charge is 0.150 e. The van der Waals surface area contributed by atoms with Gasteiger partial charge in [0.15, 0.2) is 5.76 Å². The highest BCUT2D eigenvalue weighted by atomic mass is 19.1. The second-order valence-corrected chi connectivity index (χ2v) is 6.20. The van der Waals surface area contributed by atoms with E-state index in [1.807, 2.05) is 12.1 Å². The van der Waals surface area contributed by atoms with Gasteiger partial charge >= 0.3 is 0 Å². The molecule has 3 rings (SSSR count). The Balaban J connectivity index is 1.51. The number of methoxy groups -OCH3 is 1. The second-order valence-electron chi connectivity index (χ2n) is 6.20. The molecule has 0 saturated carbocycles. The highest BCUT2D eigenvalue weighted by Crippen LogP contribution is 2.24. The van der Waals surface area contributed by atoms with Crippen LogP contribution in [0.4, 0.5) is 4.39 Å². The molecule has 1 aromatic heterocycles. The first-order chi connectivity index (χ1) is 11.8. The largest absolute Gasteiger partial charge is 0.380 e. The van der Waals surface area contributed by atoms with Crippen molar-refractivity contribution in [3.8, 4) is 0 Å². The predicted molar refractivity (Wildman–Crippen MR) is 89.0 cm³/mol. The quantitative estimate of drug-likeness (QED) is 0.816. The Morgan fingerprint density at radius 1 is 1.29 bits per heavy atom. The number of nitrogens with zero attached hydrogens (tertiary/aromatic N) is 1. The van der Waals surface area contributed by atoms with Crippen LogP contribution in [-0.4, -0.2) is 25.4 Å². The van der Waals surface area contributed by atoms with E-state index >= 15 is 0 Å². The molecule has 1 fully saturated rings. The highest BCUT2D eigenvalue weighted by molar-refractivity contribution is 5.24. The Kier molecular flexibility index (Phi) is 5.96. The molecule has 1 aliphatic rings. The first-order valence-corrected chi connectivity index (χ1v) is 8.39. The van der Waals surface area contributed by atoms with Gasteiger partial charge in [0.2, 0.25) is 0 Å². The van der Waals surface area contributed by atoms with Crippen LogP contribution in [0.15, 0.2) is 28.8 Å². The Hall–Kier alpha value is -1.76. The van der Waals surface area contributed by atoms with Gasteiger partial charge in [-0.05, 0) is 43.6 Å². The van der Waals surface area contributed by atoms with Gasteiger partial charge in [0.25, 0.3) is 0 Å². The van der Waals surface area contributed by atoms with E-state index in [1.165, 1.54) is 6.07 Å². The summed E-state index contributed by atoms with van der Waals surface area (Å²) in [6.07, 6.45) is 2.22. The molecule has 1 aromatic carbocycles. The lowest BCUT2D eigenvalue weighted by atomic mass is 9.95. The second kappa shape index (κ2) is 8.37. The van der Waals surface area contributed by atoms with Crippen LogP contribution in [0.2, 0.25) is 0 Å². The van der Waals surface area contributed by atoms with Gasteiger partial charge < -0.3 is 19.9 Å². The molecule has 0 unspecified atom stereocenters. The molecule has 24 heavy (non-hydrogen) atoms. The third kappa shape index (κ3) is 4.41. The number of rotatable bonds is 7. The highest BCUT2D eigenvalue weighted by Gasteiger charge is 2.18. The van der Waals surface area contributed by atoms with Gasteiger partial charge in [-0.3, -0.25) is 0 Å². The van der Waals surface area contributed by atoms with Gasteiger partial charge in [0.1, 0.15) is 5.82 Å². The predicted octanol–water partition coefficient (Wildman–Crippen LogP) is 2.72. The van der Waals surface area contributed by atoms with E-state index in [4.69, 9.17) is 9.26 Å². The van der Waals surface area contributed by atoms with Crippen LogP contribution in [0.5, 0.6) is 0 Å². The maximum Gasteiger partial charge on any atom is 0.150 e. The van der Waals surface area contributed by atoms with E-state index in [9.17, 15) is 4.39 Å². The number of hydrogen-bond donors (Lipinski definition) is 2. The fraction of sp³-hybridized carbons (Fsp3) is 0.500. The standard InChI is InChI=1S/C18H24FN3O2/c1-23-12-15-8-13(2-3-17(15)19)10-21-11-16-9-18(22-24-16)14-4-6-20-7-5-14/h2-3,8-9,14,20-21H,4-7,10-12H2,1H3. The van der Waals surface area contributed by atoms with Crippen molar-refractivity contribution in [1.29, 1.82) is 0 Å². The Morgan fingerprint density at radius 3 is 2.92 bits per heavy atom. The molecule has 0 bridgehead atoms. The summed E-state index contributed by atoms with van der Waals surface area (Å²) in [4.78, 5) is 0. The molecule has 130 valence electrons. The number of piperidine rings is 1. The number of aromatic nitrogens is 1. The third-order valence-corrected chi connectivity index (χ3v) is 4.37. The average Bonchev–Trinajstić information content (AvgIpc) is 3.08. The van der Waals surface area contributed by atoms with Crippen molar-refractivity contribution in [3.05, 3.63) is 52.7 Å². The zero-order chi connectivity index (χ0) is 16.8. The van der Waals surface area contributed by atoms with Crippen LogP contribution < -0.4 is 10.6 Å². The number of hydrogen-bond acceptors (Lipinski definition) is 5. The molecule has 0 amide bonds. The third-order valence-electron chi connectivity index (χ3n) is 4.37. The van der Waals surface area contributed by atoms with E-state index in [0.29, 0.717) is 24.6 Å². The summed E-state index contributed by atoms with van der Waals surface area (Å²) in [5, 5.41) is 10.9. The molecule has 0 radical (unpaired) electrons. The van der Waals surface area contributed by atoms with E-state index in [1.54, 1.807) is 13.2 Å². The summed E-state index contributed by atoms with van der Waals surface area (Å²) in [6.45, 7) is 3.61. The summed E-state index contributed by atoms with van der Waals surface area (Å²) < 4.78 is 24.0. The van der Waals surface area contributed by atoms with Gasteiger partial charge in [-0.15, -0.1) is 0 Å². The molecule has 2 N–H and O–H groups in total. The molecule has 2 aromatic rings. The van der Waals surface area contributed by atoms with E-state index in [0.717, 1.165) is 42.9 Å². The summed E-state index contributed by atoms with van der Waals surface area (Å²) in [5.41, 5.74) is 2.64. The molecular weight excluding hydrogens is 309 g/mol. The molecular formula is C18H24FN3O2. The van der Waals surface area contributed by atoms with E-state index in [2.05, 4.69) is 15.8 Å². The van der Waals surface area contributed by atoms with E-state index < -0.39 is 0 Å². The topological polar surface area (TPSA) is 59.3 Å². The van der Waals surface area contributed by atoms with Crippen LogP contribution in [-0.2, 0) is 24.4 Å². The van der Waals surface area contributed by atoms with Crippen molar-refractivity contribution >= 4 is 0 Å². The van der Waals surface area contributed by atoms with Crippen LogP contribution >= 0.6 is 0 Å². The minimum absolute atomic E-state index is 0.234. The number of ether oxygens (including phenoxy) is 1. The van der Waals surface area contributed by atoms with Crippen molar-refractivity contribution in [3.63, 3.8) is 0 Å². The number of nitrogens with one attached hydrogen (secondary N) is 2. The van der Waals surface area contributed by atoms with Gasteiger partial charge in [-0.2, -0.15) is 0 Å².